The van der Waals surface area contributed by atoms with Gasteiger partial charge in [-0.25, -0.2) is 9.59 Å². The summed E-state index contributed by atoms with van der Waals surface area (Å²) in [6.45, 7) is 5.02. The van der Waals surface area contributed by atoms with E-state index in [0.717, 1.165) is 0 Å². The van der Waals surface area contributed by atoms with E-state index in [-0.39, 0.29) is 47.0 Å². The fraction of sp³-hybridized carbons (Fsp3) is 0.300. The number of carbonyl (C=O) groups excluding carboxylic acids is 2. The Morgan fingerprint density at radius 1 is 1.22 bits per heavy atom. The van der Waals surface area contributed by atoms with E-state index < -0.39 is 17.5 Å². The van der Waals surface area contributed by atoms with Crippen LogP contribution in [0.4, 0.5) is 0 Å². The molecule has 138 valence electrons. The van der Waals surface area contributed by atoms with E-state index in [9.17, 15) is 20.0 Å². The van der Waals surface area contributed by atoms with Crippen LogP contribution >= 0.6 is 0 Å². The van der Waals surface area contributed by atoms with Crippen LogP contribution in [0.3, 0.4) is 0 Å². The molecule has 0 spiro atoms. The maximum absolute atomic E-state index is 13.1. The molecule has 0 fully saturated rings. The standard InChI is InChI=1S/C20H18N2O5/c1-4-26-18(24)15-16-13(10-21)11(3)22-20(16,19(25)27-5-2)14-9-7-6-8-12(14)17(15)23/h6-9,23H,4-5H2,1-3H3. The van der Waals surface area contributed by atoms with Crippen molar-refractivity contribution in [2.45, 2.75) is 26.3 Å². The lowest BCUT2D eigenvalue weighted by Gasteiger charge is -2.34. The number of benzene rings is 1. The molecule has 0 saturated carbocycles. The molecular weight excluding hydrogens is 348 g/mol. The van der Waals surface area contributed by atoms with E-state index in [0.29, 0.717) is 5.56 Å². The molecule has 7 nitrogen and oxygen atoms in total. The van der Waals surface area contributed by atoms with Crippen LogP contribution in [-0.2, 0) is 24.6 Å². The molecule has 1 atom stereocenters. The van der Waals surface area contributed by atoms with Crippen LogP contribution in [0.15, 0.2) is 46.0 Å². The van der Waals surface area contributed by atoms with Crippen LogP contribution < -0.4 is 0 Å². The molecule has 1 heterocycles. The number of fused-ring (bicyclic) bond motifs is 3. The first-order chi connectivity index (χ1) is 12.9. The first-order valence-electron chi connectivity index (χ1n) is 8.53. The highest BCUT2D eigenvalue weighted by Gasteiger charge is 2.57. The van der Waals surface area contributed by atoms with Gasteiger partial charge in [-0.1, -0.05) is 24.3 Å². The summed E-state index contributed by atoms with van der Waals surface area (Å²) < 4.78 is 10.3. The number of esters is 2. The first kappa shape index (κ1) is 18.4. The van der Waals surface area contributed by atoms with E-state index in [1.165, 1.54) is 0 Å². The zero-order valence-corrected chi connectivity index (χ0v) is 15.2. The Morgan fingerprint density at radius 2 is 1.89 bits per heavy atom. The summed E-state index contributed by atoms with van der Waals surface area (Å²) in [7, 11) is 0. The van der Waals surface area contributed by atoms with Gasteiger partial charge in [0.05, 0.1) is 24.5 Å². The number of rotatable bonds is 4. The van der Waals surface area contributed by atoms with Crippen LogP contribution in [0.1, 0.15) is 31.9 Å². The Kier molecular flexibility index (Phi) is 4.58. The van der Waals surface area contributed by atoms with Gasteiger partial charge in [0.25, 0.3) is 0 Å². The summed E-state index contributed by atoms with van der Waals surface area (Å²) in [6.07, 6.45) is 0. The SMILES string of the molecule is CCOC(=O)C1=C(O)c2ccccc2C2(C(=O)OCC)N=C(C)C(C#N)=C12. The Balaban J connectivity index is 2.46. The van der Waals surface area contributed by atoms with Crippen molar-refractivity contribution in [1.82, 2.24) is 0 Å². The van der Waals surface area contributed by atoms with Crippen molar-refractivity contribution in [2.24, 2.45) is 4.99 Å². The quantitative estimate of drug-likeness (QED) is 0.820. The van der Waals surface area contributed by atoms with Crippen molar-refractivity contribution in [2.75, 3.05) is 13.2 Å². The molecule has 0 bridgehead atoms. The summed E-state index contributed by atoms with van der Waals surface area (Å²) in [5.74, 6) is -1.89. The van der Waals surface area contributed by atoms with Gasteiger partial charge in [0.15, 0.2) is 0 Å². The lowest BCUT2D eigenvalue weighted by Crippen LogP contribution is -2.41. The fourth-order valence-electron chi connectivity index (χ4n) is 3.52. The Labute approximate surface area is 156 Å². The van der Waals surface area contributed by atoms with E-state index in [1.54, 1.807) is 45.0 Å². The van der Waals surface area contributed by atoms with E-state index >= 15 is 0 Å². The monoisotopic (exact) mass is 366 g/mol. The van der Waals surface area contributed by atoms with Gasteiger partial charge in [0.2, 0.25) is 5.54 Å². The minimum absolute atomic E-state index is 0.00981. The van der Waals surface area contributed by atoms with Gasteiger partial charge in [0.1, 0.15) is 17.4 Å². The molecule has 1 aliphatic carbocycles. The Bertz CT molecular complexity index is 980. The third kappa shape index (κ3) is 2.45. The molecule has 2 aliphatic rings. The summed E-state index contributed by atoms with van der Waals surface area (Å²) in [6, 6.07) is 8.57. The third-order valence-electron chi connectivity index (χ3n) is 4.53. The van der Waals surface area contributed by atoms with Crippen molar-refractivity contribution in [3.05, 3.63) is 52.1 Å². The average molecular weight is 366 g/mol. The number of aliphatic hydroxyl groups is 1. The van der Waals surface area contributed by atoms with Gasteiger partial charge in [-0.2, -0.15) is 5.26 Å². The summed E-state index contributed by atoms with van der Waals surface area (Å²) in [4.78, 5) is 30.2. The molecule has 1 N–H and O–H groups in total. The second kappa shape index (κ2) is 6.72. The second-order valence-corrected chi connectivity index (χ2v) is 5.98. The zero-order chi connectivity index (χ0) is 19.8. The molecule has 0 radical (unpaired) electrons. The van der Waals surface area contributed by atoms with E-state index in [1.807, 2.05) is 6.07 Å². The number of hydrogen-bond donors (Lipinski definition) is 1. The van der Waals surface area contributed by atoms with E-state index in [2.05, 4.69) is 4.99 Å². The molecule has 7 heteroatoms. The van der Waals surface area contributed by atoms with Crippen molar-refractivity contribution in [1.29, 1.82) is 5.26 Å². The molecule has 1 aromatic rings. The Morgan fingerprint density at radius 3 is 2.52 bits per heavy atom. The van der Waals surface area contributed by atoms with Crippen molar-refractivity contribution in [3.8, 4) is 6.07 Å². The number of nitrogens with zero attached hydrogens (tertiary/aromatic N) is 2. The minimum atomic E-state index is -1.73. The molecular formula is C20H18N2O5. The lowest BCUT2D eigenvalue weighted by atomic mass is 9.72. The largest absolute Gasteiger partial charge is 0.506 e. The molecule has 1 aromatic carbocycles. The number of allylic oxidation sites excluding steroid dienone is 1. The lowest BCUT2D eigenvalue weighted by molar-refractivity contribution is -0.148. The predicted molar refractivity (Wildman–Crippen MR) is 96.7 cm³/mol. The number of hydrogen-bond acceptors (Lipinski definition) is 7. The van der Waals surface area contributed by atoms with Gasteiger partial charge >= 0.3 is 11.9 Å². The van der Waals surface area contributed by atoms with Gasteiger partial charge in [0, 0.05) is 16.7 Å². The summed E-state index contributed by atoms with van der Waals surface area (Å²) >= 11 is 0. The van der Waals surface area contributed by atoms with Crippen LogP contribution in [0.5, 0.6) is 0 Å². The molecule has 0 aromatic heterocycles. The topological polar surface area (TPSA) is 109 Å². The van der Waals surface area contributed by atoms with Crippen LogP contribution in [0.25, 0.3) is 5.76 Å². The van der Waals surface area contributed by atoms with Gasteiger partial charge in [-0.15, -0.1) is 0 Å². The van der Waals surface area contributed by atoms with Gasteiger partial charge in [-0.3, -0.25) is 4.99 Å². The Hall–Kier alpha value is -3.40. The molecule has 1 unspecified atom stereocenters. The fourth-order valence-corrected chi connectivity index (χ4v) is 3.52. The molecule has 0 saturated heterocycles. The summed E-state index contributed by atoms with van der Waals surface area (Å²) in [5, 5.41) is 20.5. The second-order valence-electron chi connectivity index (χ2n) is 5.98. The van der Waals surface area contributed by atoms with Crippen molar-refractivity contribution in [3.63, 3.8) is 0 Å². The molecule has 1 aliphatic heterocycles. The highest BCUT2D eigenvalue weighted by atomic mass is 16.5. The van der Waals surface area contributed by atoms with Crippen LogP contribution in [0.2, 0.25) is 0 Å². The normalized spacial score (nSPS) is 20.4. The smallest absolute Gasteiger partial charge is 0.343 e. The van der Waals surface area contributed by atoms with Crippen molar-refractivity contribution >= 4 is 23.4 Å². The number of ether oxygens (including phenoxy) is 2. The molecule has 3 rings (SSSR count). The van der Waals surface area contributed by atoms with Crippen LogP contribution in [0, 0.1) is 11.3 Å². The zero-order valence-electron chi connectivity index (χ0n) is 15.2. The van der Waals surface area contributed by atoms with Gasteiger partial charge < -0.3 is 14.6 Å². The number of nitriles is 1. The van der Waals surface area contributed by atoms with Crippen LogP contribution in [-0.4, -0.2) is 36.0 Å². The predicted octanol–water partition coefficient (Wildman–Crippen LogP) is 2.59. The van der Waals surface area contributed by atoms with Crippen molar-refractivity contribution < 1.29 is 24.2 Å². The minimum Gasteiger partial charge on any atom is -0.506 e. The average Bonchev–Trinajstić information content (AvgIpc) is 2.95. The number of aliphatic hydroxyl groups excluding tert-OH is 1. The maximum Gasteiger partial charge on any atom is 0.343 e. The highest BCUT2D eigenvalue weighted by Crippen LogP contribution is 2.52. The first-order valence-corrected chi connectivity index (χ1v) is 8.53. The molecule has 0 amide bonds. The summed E-state index contributed by atoms with van der Waals surface area (Å²) in [5.41, 5.74) is -0.993. The number of carbonyl (C=O) groups is 2. The third-order valence-corrected chi connectivity index (χ3v) is 4.53. The van der Waals surface area contributed by atoms with E-state index in [4.69, 9.17) is 9.47 Å². The maximum atomic E-state index is 13.1. The highest BCUT2D eigenvalue weighted by molar-refractivity contribution is 6.17. The number of aliphatic imine (C=N–C) groups is 1. The van der Waals surface area contributed by atoms with Gasteiger partial charge in [-0.05, 0) is 20.8 Å². The molecule has 27 heavy (non-hydrogen) atoms.